The van der Waals surface area contributed by atoms with E-state index in [9.17, 15) is 9.59 Å². The van der Waals surface area contributed by atoms with Crippen molar-refractivity contribution in [2.45, 2.75) is 0 Å². The lowest BCUT2D eigenvalue weighted by Gasteiger charge is -2.04. The predicted molar refractivity (Wildman–Crippen MR) is 84.6 cm³/mol. The van der Waals surface area contributed by atoms with Gasteiger partial charge in [0.15, 0.2) is 0 Å². The molecule has 0 unspecified atom stereocenters. The van der Waals surface area contributed by atoms with Crippen LogP contribution < -0.4 is 11.5 Å². The molecule has 0 aliphatic carbocycles. The summed E-state index contributed by atoms with van der Waals surface area (Å²) in [4.78, 5) is 21.7. The molecule has 6 heteroatoms. The van der Waals surface area contributed by atoms with Crippen LogP contribution in [0.5, 0.6) is 0 Å². The lowest BCUT2D eigenvalue weighted by atomic mass is 10.1. The van der Waals surface area contributed by atoms with Gasteiger partial charge in [-0.2, -0.15) is 0 Å². The van der Waals surface area contributed by atoms with E-state index in [0.717, 1.165) is 0 Å². The van der Waals surface area contributed by atoms with Crippen molar-refractivity contribution >= 4 is 35.5 Å². The standard InChI is InChI=1S/C16H14N2O4/c17-13-7-11(15(19)20)5-3-9(13)1-2-10-4-6-12(16(21)22)8-14(10)18/h1-8H,17-18H2,(H,19,20)(H,21,22). The lowest BCUT2D eigenvalue weighted by Crippen LogP contribution is -1.99. The van der Waals surface area contributed by atoms with Crippen molar-refractivity contribution < 1.29 is 19.8 Å². The van der Waals surface area contributed by atoms with Gasteiger partial charge in [-0.25, -0.2) is 9.59 Å². The molecule has 0 bridgehead atoms. The van der Waals surface area contributed by atoms with Crippen LogP contribution in [0.4, 0.5) is 11.4 Å². The van der Waals surface area contributed by atoms with Gasteiger partial charge < -0.3 is 21.7 Å². The van der Waals surface area contributed by atoms with Crippen LogP contribution >= 0.6 is 0 Å². The Labute approximate surface area is 126 Å². The quantitative estimate of drug-likeness (QED) is 0.507. The first-order valence-corrected chi connectivity index (χ1v) is 6.32. The molecule has 0 spiro atoms. The highest BCUT2D eigenvalue weighted by atomic mass is 16.4. The van der Waals surface area contributed by atoms with Crippen LogP contribution in [0, 0.1) is 0 Å². The van der Waals surface area contributed by atoms with Gasteiger partial charge in [0.2, 0.25) is 0 Å². The molecule has 0 amide bonds. The Balaban J connectivity index is 2.29. The largest absolute Gasteiger partial charge is 0.478 e. The molecule has 0 radical (unpaired) electrons. The van der Waals surface area contributed by atoms with Gasteiger partial charge in [0.05, 0.1) is 11.1 Å². The first-order valence-electron chi connectivity index (χ1n) is 6.32. The molecule has 2 rings (SSSR count). The summed E-state index contributed by atoms with van der Waals surface area (Å²) in [5.41, 5.74) is 13.8. The molecule has 0 saturated carbocycles. The number of carboxylic acid groups (broad SMARTS) is 2. The lowest BCUT2D eigenvalue weighted by molar-refractivity contribution is 0.0686. The second kappa shape index (κ2) is 6.01. The second-order valence-corrected chi connectivity index (χ2v) is 4.63. The summed E-state index contributed by atoms with van der Waals surface area (Å²) < 4.78 is 0. The van der Waals surface area contributed by atoms with Crippen molar-refractivity contribution in [1.29, 1.82) is 0 Å². The maximum atomic E-state index is 10.8. The van der Waals surface area contributed by atoms with E-state index < -0.39 is 11.9 Å². The Hall–Kier alpha value is -3.28. The molecule has 0 saturated heterocycles. The van der Waals surface area contributed by atoms with Gasteiger partial charge >= 0.3 is 11.9 Å². The highest BCUT2D eigenvalue weighted by Gasteiger charge is 2.06. The molecule has 0 aromatic heterocycles. The molecule has 2 aromatic carbocycles. The Morgan fingerprint density at radius 3 is 1.41 bits per heavy atom. The highest BCUT2D eigenvalue weighted by molar-refractivity contribution is 5.92. The Bertz CT molecular complexity index is 716. The molecular formula is C16H14N2O4. The van der Waals surface area contributed by atoms with Crippen molar-refractivity contribution in [2.75, 3.05) is 11.5 Å². The van der Waals surface area contributed by atoms with Gasteiger partial charge in [-0.05, 0) is 35.4 Å². The summed E-state index contributed by atoms with van der Waals surface area (Å²) in [6.45, 7) is 0. The average molecular weight is 298 g/mol. The maximum Gasteiger partial charge on any atom is 0.335 e. The molecule has 112 valence electrons. The molecule has 0 aliphatic rings. The number of carbonyl (C=O) groups is 2. The summed E-state index contributed by atoms with van der Waals surface area (Å²) in [7, 11) is 0. The van der Waals surface area contributed by atoms with Crippen LogP contribution in [0.25, 0.3) is 12.2 Å². The normalized spacial score (nSPS) is 10.7. The van der Waals surface area contributed by atoms with Crippen LogP contribution in [0.1, 0.15) is 31.8 Å². The smallest absolute Gasteiger partial charge is 0.335 e. The molecular weight excluding hydrogens is 284 g/mol. The summed E-state index contributed by atoms with van der Waals surface area (Å²) in [6.07, 6.45) is 3.38. The van der Waals surface area contributed by atoms with Gasteiger partial charge in [0, 0.05) is 11.4 Å². The zero-order valence-electron chi connectivity index (χ0n) is 11.5. The van der Waals surface area contributed by atoms with Gasteiger partial charge in [0.1, 0.15) is 0 Å². The van der Waals surface area contributed by atoms with Crippen LogP contribution in [0.15, 0.2) is 36.4 Å². The number of benzene rings is 2. The van der Waals surface area contributed by atoms with Crippen molar-refractivity contribution in [3.8, 4) is 0 Å². The number of nitrogens with two attached hydrogens (primary N) is 2. The zero-order valence-corrected chi connectivity index (χ0v) is 11.5. The molecule has 0 fully saturated rings. The summed E-state index contributed by atoms with van der Waals surface area (Å²) >= 11 is 0. The van der Waals surface area contributed by atoms with Crippen LogP contribution in [0.2, 0.25) is 0 Å². The number of anilines is 2. The predicted octanol–water partition coefficient (Wildman–Crippen LogP) is 2.42. The number of rotatable bonds is 4. The van der Waals surface area contributed by atoms with Crippen molar-refractivity contribution in [3.05, 3.63) is 58.7 Å². The Kier molecular flexibility index (Phi) is 4.13. The number of aromatic carboxylic acids is 2. The topological polar surface area (TPSA) is 127 Å². The minimum atomic E-state index is -1.05. The van der Waals surface area contributed by atoms with E-state index in [0.29, 0.717) is 22.5 Å². The summed E-state index contributed by atoms with van der Waals surface area (Å²) in [5.74, 6) is -2.09. The van der Waals surface area contributed by atoms with Crippen molar-refractivity contribution in [2.24, 2.45) is 0 Å². The zero-order chi connectivity index (χ0) is 16.3. The summed E-state index contributed by atoms with van der Waals surface area (Å²) in [5, 5.41) is 17.8. The molecule has 2 aromatic rings. The van der Waals surface area contributed by atoms with E-state index in [4.69, 9.17) is 21.7 Å². The first kappa shape index (κ1) is 15.1. The number of nitrogen functional groups attached to an aromatic ring is 2. The third kappa shape index (κ3) is 3.24. The van der Waals surface area contributed by atoms with Crippen LogP contribution in [0.3, 0.4) is 0 Å². The third-order valence-electron chi connectivity index (χ3n) is 3.11. The number of hydrogen-bond donors (Lipinski definition) is 4. The van der Waals surface area contributed by atoms with Gasteiger partial charge in [-0.1, -0.05) is 24.3 Å². The fourth-order valence-corrected chi connectivity index (χ4v) is 1.90. The van der Waals surface area contributed by atoms with E-state index in [1.165, 1.54) is 24.3 Å². The van der Waals surface area contributed by atoms with Crippen molar-refractivity contribution in [3.63, 3.8) is 0 Å². The van der Waals surface area contributed by atoms with Gasteiger partial charge in [-0.15, -0.1) is 0 Å². The van der Waals surface area contributed by atoms with Gasteiger partial charge in [-0.3, -0.25) is 0 Å². The molecule has 6 N–H and O–H groups in total. The summed E-state index contributed by atoms with van der Waals surface area (Å²) in [6, 6.07) is 8.84. The van der Waals surface area contributed by atoms with Crippen molar-refractivity contribution in [1.82, 2.24) is 0 Å². The van der Waals surface area contributed by atoms with Crippen LogP contribution in [-0.2, 0) is 0 Å². The molecule has 0 atom stereocenters. The molecule has 0 heterocycles. The Morgan fingerprint density at radius 1 is 0.773 bits per heavy atom. The van der Waals surface area contributed by atoms with E-state index >= 15 is 0 Å². The third-order valence-corrected chi connectivity index (χ3v) is 3.11. The Morgan fingerprint density at radius 2 is 1.14 bits per heavy atom. The number of carboxylic acids is 2. The monoisotopic (exact) mass is 298 g/mol. The number of hydrogen-bond acceptors (Lipinski definition) is 4. The maximum absolute atomic E-state index is 10.8. The fraction of sp³-hybridized carbons (Fsp3) is 0. The fourth-order valence-electron chi connectivity index (χ4n) is 1.90. The SMILES string of the molecule is Nc1cc(C(=O)O)ccc1C=Cc1ccc(C(=O)O)cc1N. The van der Waals surface area contributed by atoms with Gasteiger partial charge in [0.25, 0.3) is 0 Å². The van der Waals surface area contributed by atoms with E-state index in [1.54, 1.807) is 24.3 Å². The highest BCUT2D eigenvalue weighted by Crippen LogP contribution is 2.21. The molecule has 6 nitrogen and oxygen atoms in total. The first-order chi connectivity index (χ1) is 10.4. The minimum absolute atomic E-state index is 0.111. The van der Waals surface area contributed by atoms with Crippen LogP contribution in [-0.4, -0.2) is 22.2 Å². The second-order valence-electron chi connectivity index (χ2n) is 4.63. The van der Waals surface area contributed by atoms with E-state index in [-0.39, 0.29) is 11.1 Å². The molecule has 0 aliphatic heterocycles. The molecule has 22 heavy (non-hydrogen) atoms. The average Bonchev–Trinajstić information content (AvgIpc) is 2.46. The van der Waals surface area contributed by atoms with E-state index in [1.807, 2.05) is 0 Å². The minimum Gasteiger partial charge on any atom is -0.478 e. The van der Waals surface area contributed by atoms with E-state index in [2.05, 4.69) is 0 Å².